The Kier molecular flexibility index (Phi) is 4.29. The van der Waals surface area contributed by atoms with Gasteiger partial charge in [-0.15, -0.1) is 0 Å². The Morgan fingerprint density at radius 3 is 2.27 bits per heavy atom. The number of hydrogen-bond acceptors (Lipinski definition) is 5. The zero-order valence-electron chi connectivity index (χ0n) is 14.6. The highest BCUT2D eigenvalue weighted by Gasteiger charge is 2.37. The maximum absolute atomic E-state index is 12.6. The highest BCUT2D eigenvalue weighted by molar-refractivity contribution is 6.36. The van der Waals surface area contributed by atoms with Gasteiger partial charge < -0.3 is 5.32 Å². The highest BCUT2D eigenvalue weighted by atomic mass is 16.6. The first-order chi connectivity index (χ1) is 12.3. The third-order valence-corrected chi connectivity index (χ3v) is 4.31. The van der Waals surface area contributed by atoms with Gasteiger partial charge in [0.25, 0.3) is 17.5 Å². The number of nitrogens with zero attached hydrogens (tertiary/aromatic N) is 2. The van der Waals surface area contributed by atoms with E-state index in [4.69, 9.17) is 0 Å². The number of rotatable bonds is 4. The molecule has 26 heavy (non-hydrogen) atoms. The van der Waals surface area contributed by atoms with Crippen molar-refractivity contribution in [3.8, 4) is 0 Å². The molecule has 1 aliphatic heterocycles. The van der Waals surface area contributed by atoms with E-state index in [0.29, 0.717) is 5.56 Å². The minimum Gasteiger partial charge on any atom is -0.350 e. The number of hydrogen-bond donors (Lipinski definition) is 1. The molecule has 0 radical (unpaired) electrons. The molecule has 7 nitrogen and oxygen atoms in total. The molecular formula is C19H17N3O4. The average molecular weight is 351 g/mol. The number of non-ortho nitro benzene ring substituents is 1. The monoisotopic (exact) mass is 351 g/mol. The molecule has 0 bridgehead atoms. The lowest BCUT2D eigenvalue weighted by molar-refractivity contribution is -0.384. The van der Waals surface area contributed by atoms with Crippen LogP contribution in [-0.4, -0.2) is 28.7 Å². The molecule has 2 aromatic carbocycles. The van der Waals surface area contributed by atoms with Crippen LogP contribution < -0.4 is 5.32 Å². The number of anilines is 1. The molecule has 1 heterocycles. The van der Waals surface area contributed by atoms with Gasteiger partial charge in [-0.1, -0.05) is 12.1 Å². The summed E-state index contributed by atoms with van der Waals surface area (Å²) in [5.74, 6) is -0.888. The molecule has 0 aromatic heterocycles. The van der Waals surface area contributed by atoms with E-state index in [2.05, 4.69) is 5.32 Å². The molecular weight excluding hydrogens is 334 g/mol. The SMILES string of the molecule is Cc1ccc(C)c(NC2=C(c3ccc([N+](=O)[O-])cc3)C(=O)N(C)C2=O)c1. The van der Waals surface area contributed by atoms with Gasteiger partial charge >= 0.3 is 0 Å². The molecule has 2 amide bonds. The molecule has 0 saturated heterocycles. The predicted molar refractivity (Wildman–Crippen MR) is 97.3 cm³/mol. The number of nitro benzene ring substituents is 1. The van der Waals surface area contributed by atoms with Crippen LogP contribution in [0.25, 0.3) is 5.57 Å². The van der Waals surface area contributed by atoms with E-state index in [0.717, 1.165) is 21.7 Å². The van der Waals surface area contributed by atoms with Crippen molar-refractivity contribution < 1.29 is 14.5 Å². The summed E-state index contributed by atoms with van der Waals surface area (Å²) in [5.41, 5.74) is 3.42. The van der Waals surface area contributed by atoms with Gasteiger partial charge in [0.1, 0.15) is 5.70 Å². The number of carbonyl (C=O) groups excluding carboxylic acids is 2. The minimum atomic E-state index is -0.513. The second-order valence-corrected chi connectivity index (χ2v) is 6.17. The van der Waals surface area contributed by atoms with Crippen LogP contribution in [0.4, 0.5) is 11.4 Å². The number of benzene rings is 2. The lowest BCUT2D eigenvalue weighted by Gasteiger charge is -2.12. The molecule has 132 valence electrons. The van der Waals surface area contributed by atoms with Crippen LogP contribution in [0.15, 0.2) is 48.2 Å². The summed E-state index contributed by atoms with van der Waals surface area (Å²) in [4.78, 5) is 36.5. The Morgan fingerprint density at radius 2 is 1.65 bits per heavy atom. The summed E-state index contributed by atoms with van der Waals surface area (Å²) in [5, 5.41) is 13.9. The molecule has 0 saturated carbocycles. The first-order valence-electron chi connectivity index (χ1n) is 7.95. The molecule has 1 N–H and O–H groups in total. The summed E-state index contributed by atoms with van der Waals surface area (Å²) in [6.07, 6.45) is 0. The van der Waals surface area contributed by atoms with Gasteiger partial charge in [0.2, 0.25) is 0 Å². The predicted octanol–water partition coefficient (Wildman–Crippen LogP) is 3.03. The number of carbonyl (C=O) groups is 2. The van der Waals surface area contributed by atoms with Crippen molar-refractivity contribution in [1.82, 2.24) is 4.90 Å². The van der Waals surface area contributed by atoms with Crippen LogP contribution in [0.2, 0.25) is 0 Å². The Morgan fingerprint density at radius 1 is 1.00 bits per heavy atom. The molecule has 2 aromatic rings. The number of imide groups is 1. The number of aryl methyl sites for hydroxylation is 2. The standard InChI is InChI=1S/C19H17N3O4/c1-11-4-5-12(2)15(10-11)20-17-16(18(23)21(3)19(17)24)13-6-8-14(9-7-13)22(25)26/h4-10,20H,1-3H3. The summed E-state index contributed by atoms with van der Waals surface area (Å²) >= 11 is 0. The largest absolute Gasteiger partial charge is 0.350 e. The first kappa shape index (κ1) is 17.3. The van der Waals surface area contributed by atoms with E-state index in [1.54, 1.807) is 0 Å². The number of amides is 2. The van der Waals surface area contributed by atoms with E-state index in [-0.39, 0.29) is 17.0 Å². The van der Waals surface area contributed by atoms with Crippen molar-refractivity contribution in [2.75, 3.05) is 12.4 Å². The fraction of sp³-hybridized carbons (Fsp3) is 0.158. The molecule has 1 aliphatic rings. The topological polar surface area (TPSA) is 92.6 Å². The lowest BCUT2D eigenvalue weighted by atomic mass is 10.0. The van der Waals surface area contributed by atoms with Gasteiger partial charge in [0, 0.05) is 24.9 Å². The van der Waals surface area contributed by atoms with Crippen molar-refractivity contribution in [3.05, 3.63) is 75.0 Å². The molecule has 3 rings (SSSR count). The van der Waals surface area contributed by atoms with Crippen molar-refractivity contribution >= 4 is 28.8 Å². The highest BCUT2D eigenvalue weighted by Crippen LogP contribution is 2.31. The van der Waals surface area contributed by atoms with Crippen LogP contribution >= 0.6 is 0 Å². The Balaban J connectivity index is 2.10. The van der Waals surface area contributed by atoms with Crippen molar-refractivity contribution in [1.29, 1.82) is 0 Å². The molecule has 0 unspecified atom stereocenters. The zero-order valence-corrected chi connectivity index (χ0v) is 14.6. The van der Waals surface area contributed by atoms with Gasteiger partial charge in [-0.25, -0.2) is 0 Å². The van der Waals surface area contributed by atoms with E-state index < -0.39 is 16.7 Å². The first-order valence-corrected chi connectivity index (χ1v) is 7.95. The summed E-state index contributed by atoms with van der Waals surface area (Å²) in [6, 6.07) is 11.4. The van der Waals surface area contributed by atoms with E-state index in [1.165, 1.54) is 31.3 Å². The van der Waals surface area contributed by atoms with Gasteiger partial charge in [-0.05, 0) is 48.7 Å². The second kappa shape index (κ2) is 6.44. The lowest BCUT2D eigenvalue weighted by Crippen LogP contribution is -2.28. The number of nitro groups is 1. The second-order valence-electron chi connectivity index (χ2n) is 6.17. The minimum absolute atomic E-state index is 0.0801. The maximum Gasteiger partial charge on any atom is 0.277 e. The van der Waals surface area contributed by atoms with Crippen molar-refractivity contribution in [3.63, 3.8) is 0 Å². The van der Waals surface area contributed by atoms with Gasteiger partial charge in [-0.3, -0.25) is 24.6 Å². The third-order valence-electron chi connectivity index (χ3n) is 4.31. The summed E-state index contributed by atoms with van der Waals surface area (Å²) < 4.78 is 0. The van der Waals surface area contributed by atoms with Crippen LogP contribution in [0, 0.1) is 24.0 Å². The molecule has 0 fully saturated rings. The van der Waals surface area contributed by atoms with Crippen LogP contribution in [0.1, 0.15) is 16.7 Å². The molecule has 0 spiro atoms. The number of nitrogens with one attached hydrogen (secondary N) is 1. The van der Waals surface area contributed by atoms with Crippen molar-refractivity contribution in [2.24, 2.45) is 0 Å². The van der Waals surface area contributed by atoms with Crippen LogP contribution in [0.5, 0.6) is 0 Å². The van der Waals surface area contributed by atoms with E-state index in [1.807, 2.05) is 32.0 Å². The van der Waals surface area contributed by atoms with Crippen LogP contribution in [0.3, 0.4) is 0 Å². The van der Waals surface area contributed by atoms with Crippen molar-refractivity contribution in [2.45, 2.75) is 13.8 Å². The Hall–Kier alpha value is -3.48. The van der Waals surface area contributed by atoms with E-state index >= 15 is 0 Å². The molecule has 7 heteroatoms. The fourth-order valence-electron chi connectivity index (χ4n) is 2.78. The summed E-state index contributed by atoms with van der Waals surface area (Å²) in [6.45, 7) is 3.84. The van der Waals surface area contributed by atoms with Gasteiger partial charge in [0.15, 0.2) is 0 Å². The normalized spacial score (nSPS) is 14.2. The zero-order chi connectivity index (χ0) is 19.0. The smallest absolute Gasteiger partial charge is 0.277 e. The average Bonchev–Trinajstić information content (AvgIpc) is 2.82. The number of likely N-dealkylation sites (N-methyl/N-ethyl adjacent to an activating group) is 1. The van der Waals surface area contributed by atoms with Gasteiger partial charge in [0.05, 0.1) is 10.5 Å². The summed E-state index contributed by atoms with van der Waals surface area (Å²) in [7, 11) is 1.41. The fourth-order valence-corrected chi connectivity index (χ4v) is 2.78. The Labute approximate surface area is 150 Å². The quantitative estimate of drug-likeness (QED) is 0.519. The maximum atomic E-state index is 12.6. The molecule has 0 atom stereocenters. The van der Waals surface area contributed by atoms with Crippen LogP contribution in [-0.2, 0) is 9.59 Å². The van der Waals surface area contributed by atoms with E-state index in [9.17, 15) is 19.7 Å². The Bertz CT molecular complexity index is 961. The third kappa shape index (κ3) is 2.95. The molecule has 0 aliphatic carbocycles. The van der Waals surface area contributed by atoms with Gasteiger partial charge in [-0.2, -0.15) is 0 Å².